The number of hydrogen-bond acceptors (Lipinski definition) is 3. The van der Waals surface area contributed by atoms with E-state index in [1.165, 1.54) is 19.2 Å². The van der Waals surface area contributed by atoms with Gasteiger partial charge >= 0.3 is 6.18 Å². The van der Waals surface area contributed by atoms with Crippen molar-refractivity contribution in [2.24, 2.45) is 5.73 Å². The van der Waals surface area contributed by atoms with E-state index < -0.39 is 29.5 Å². The summed E-state index contributed by atoms with van der Waals surface area (Å²) in [5, 5.41) is 2.31. The number of halogens is 3. The number of rotatable bonds is 3. The molecule has 4 nitrogen and oxygen atoms in total. The number of nitrogens with zero attached hydrogens (tertiary/aromatic N) is 1. The van der Waals surface area contributed by atoms with Crippen LogP contribution in [-0.2, 0) is 11.0 Å². The monoisotopic (exact) mass is 233 g/mol. The Morgan fingerprint density at radius 3 is 2.69 bits per heavy atom. The third-order valence-electron chi connectivity index (χ3n) is 1.89. The van der Waals surface area contributed by atoms with Gasteiger partial charge in [0.25, 0.3) is 0 Å². The maximum absolute atomic E-state index is 12.5. The summed E-state index contributed by atoms with van der Waals surface area (Å²) in [5.41, 5.74) is 4.00. The molecule has 7 heteroatoms. The molecule has 0 aromatic carbocycles. The normalized spacial score (nSPS) is 13.2. The molecular formula is C9H10F3N3O. The van der Waals surface area contributed by atoms with Gasteiger partial charge in [0, 0.05) is 6.20 Å². The molecule has 1 atom stereocenters. The minimum atomic E-state index is -4.52. The summed E-state index contributed by atoms with van der Waals surface area (Å²) in [6, 6.07) is 1.13. The van der Waals surface area contributed by atoms with Gasteiger partial charge in [0.1, 0.15) is 11.9 Å². The average Bonchev–Trinajstić information content (AvgIpc) is 2.16. The number of anilines is 1. The maximum Gasteiger partial charge on any atom is 0.419 e. The van der Waals surface area contributed by atoms with Crippen molar-refractivity contribution >= 4 is 11.7 Å². The average molecular weight is 233 g/mol. The molecule has 88 valence electrons. The first-order chi connectivity index (χ1) is 7.32. The summed E-state index contributed by atoms with van der Waals surface area (Å²) in [5.74, 6) is -1.15. The lowest BCUT2D eigenvalue weighted by molar-refractivity contribution is -0.137. The zero-order valence-corrected chi connectivity index (χ0v) is 8.38. The van der Waals surface area contributed by atoms with E-state index >= 15 is 0 Å². The van der Waals surface area contributed by atoms with Crippen LogP contribution >= 0.6 is 0 Å². The molecule has 3 N–H and O–H groups in total. The van der Waals surface area contributed by atoms with E-state index in [4.69, 9.17) is 5.73 Å². The second-order valence-electron chi connectivity index (χ2n) is 3.17. The molecule has 0 aliphatic carbocycles. The smallest absolute Gasteiger partial charge is 0.368 e. The van der Waals surface area contributed by atoms with Gasteiger partial charge in [-0.2, -0.15) is 13.2 Å². The molecule has 0 fully saturated rings. The number of alkyl halides is 3. The summed E-state index contributed by atoms with van der Waals surface area (Å²) >= 11 is 0. The van der Waals surface area contributed by atoms with Gasteiger partial charge < -0.3 is 11.1 Å². The van der Waals surface area contributed by atoms with Crippen LogP contribution in [0.15, 0.2) is 18.3 Å². The highest BCUT2D eigenvalue weighted by Gasteiger charge is 2.34. The third-order valence-corrected chi connectivity index (χ3v) is 1.89. The van der Waals surface area contributed by atoms with Crippen molar-refractivity contribution in [1.29, 1.82) is 0 Å². The number of carbonyl (C=O) groups is 1. The fraction of sp³-hybridized carbons (Fsp3) is 0.333. The highest BCUT2D eigenvalue weighted by molar-refractivity contribution is 5.82. The summed E-state index contributed by atoms with van der Waals surface area (Å²) in [4.78, 5) is 14.2. The Kier molecular flexibility index (Phi) is 3.36. The molecule has 1 unspecified atom stereocenters. The first-order valence-corrected chi connectivity index (χ1v) is 4.40. The van der Waals surface area contributed by atoms with Crippen LogP contribution in [0, 0.1) is 0 Å². The van der Waals surface area contributed by atoms with Gasteiger partial charge in [-0.3, -0.25) is 4.79 Å². The molecule has 0 spiro atoms. The van der Waals surface area contributed by atoms with E-state index in [1.54, 1.807) is 0 Å². The van der Waals surface area contributed by atoms with Gasteiger partial charge in [0.05, 0.1) is 5.56 Å². The van der Waals surface area contributed by atoms with Crippen molar-refractivity contribution < 1.29 is 18.0 Å². The second kappa shape index (κ2) is 4.38. The van der Waals surface area contributed by atoms with E-state index in [1.807, 2.05) is 0 Å². The van der Waals surface area contributed by atoms with Crippen LogP contribution in [0.1, 0.15) is 12.5 Å². The Bertz CT molecular complexity index is 392. The standard InChI is InChI=1S/C9H10F3N3O/c1-5(7(13)16)15-8-6(9(10,11)12)3-2-4-14-8/h2-5H,1H3,(H2,13,16)(H,14,15). The van der Waals surface area contributed by atoms with E-state index in [-0.39, 0.29) is 0 Å². The first-order valence-electron chi connectivity index (χ1n) is 4.40. The van der Waals surface area contributed by atoms with Crippen LogP contribution in [0.3, 0.4) is 0 Å². The topological polar surface area (TPSA) is 68.0 Å². The predicted octanol–water partition coefficient (Wildman–Crippen LogP) is 1.39. The van der Waals surface area contributed by atoms with Gasteiger partial charge in [0.2, 0.25) is 5.91 Å². The van der Waals surface area contributed by atoms with Crippen LogP contribution in [0.2, 0.25) is 0 Å². The van der Waals surface area contributed by atoms with Crippen molar-refractivity contribution in [3.05, 3.63) is 23.9 Å². The fourth-order valence-corrected chi connectivity index (χ4v) is 1.03. The van der Waals surface area contributed by atoms with Crippen molar-refractivity contribution in [1.82, 2.24) is 4.98 Å². The Morgan fingerprint density at radius 1 is 1.56 bits per heavy atom. The largest absolute Gasteiger partial charge is 0.419 e. The minimum Gasteiger partial charge on any atom is -0.368 e. The van der Waals surface area contributed by atoms with Crippen molar-refractivity contribution in [2.75, 3.05) is 5.32 Å². The molecule has 0 saturated carbocycles. The van der Waals surface area contributed by atoms with Crippen LogP contribution in [0.25, 0.3) is 0 Å². The van der Waals surface area contributed by atoms with Crippen LogP contribution in [0.5, 0.6) is 0 Å². The molecule has 1 rings (SSSR count). The molecular weight excluding hydrogens is 223 g/mol. The lowest BCUT2D eigenvalue weighted by atomic mass is 10.2. The van der Waals surface area contributed by atoms with Crippen LogP contribution < -0.4 is 11.1 Å². The maximum atomic E-state index is 12.5. The number of hydrogen-bond donors (Lipinski definition) is 2. The highest BCUT2D eigenvalue weighted by Crippen LogP contribution is 2.33. The van der Waals surface area contributed by atoms with Crippen molar-refractivity contribution in [2.45, 2.75) is 19.1 Å². The molecule has 1 heterocycles. The summed E-state index contributed by atoms with van der Waals surface area (Å²) < 4.78 is 37.5. The predicted molar refractivity (Wildman–Crippen MR) is 51.5 cm³/mol. The summed E-state index contributed by atoms with van der Waals surface area (Å²) in [6.45, 7) is 1.36. The molecule has 0 radical (unpaired) electrons. The molecule has 0 aliphatic rings. The van der Waals surface area contributed by atoms with Crippen molar-refractivity contribution in [3.63, 3.8) is 0 Å². The fourth-order valence-electron chi connectivity index (χ4n) is 1.03. The molecule has 16 heavy (non-hydrogen) atoms. The second-order valence-corrected chi connectivity index (χ2v) is 3.17. The number of aromatic nitrogens is 1. The van der Waals surface area contributed by atoms with E-state index in [0.29, 0.717) is 0 Å². The van der Waals surface area contributed by atoms with Crippen LogP contribution in [-0.4, -0.2) is 16.9 Å². The Labute approximate surface area is 89.7 Å². The van der Waals surface area contributed by atoms with E-state index in [9.17, 15) is 18.0 Å². The Hall–Kier alpha value is -1.79. The summed E-state index contributed by atoms with van der Waals surface area (Å²) in [7, 11) is 0. The van der Waals surface area contributed by atoms with E-state index in [0.717, 1.165) is 6.07 Å². The van der Waals surface area contributed by atoms with Gasteiger partial charge in [0.15, 0.2) is 0 Å². The lowest BCUT2D eigenvalue weighted by Crippen LogP contribution is -2.33. The van der Waals surface area contributed by atoms with Crippen molar-refractivity contribution in [3.8, 4) is 0 Å². The van der Waals surface area contributed by atoms with Gasteiger partial charge in [-0.25, -0.2) is 4.98 Å². The first kappa shape index (κ1) is 12.3. The van der Waals surface area contributed by atoms with Gasteiger partial charge in [-0.1, -0.05) is 0 Å². The molecule has 1 amide bonds. The molecule has 1 aromatic heterocycles. The highest BCUT2D eigenvalue weighted by atomic mass is 19.4. The van der Waals surface area contributed by atoms with Gasteiger partial charge in [-0.15, -0.1) is 0 Å². The van der Waals surface area contributed by atoms with Gasteiger partial charge in [-0.05, 0) is 19.1 Å². The minimum absolute atomic E-state index is 0.402. The summed E-state index contributed by atoms with van der Waals surface area (Å²) in [6.07, 6.45) is -3.32. The Morgan fingerprint density at radius 2 is 2.19 bits per heavy atom. The zero-order chi connectivity index (χ0) is 12.3. The molecule has 0 bridgehead atoms. The lowest BCUT2D eigenvalue weighted by Gasteiger charge is -2.15. The Balaban J connectivity index is 3.01. The molecule has 1 aromatic rings. The molecule has 0 aliphatic heterocycles. The number of pyridine rings is 1. The number of primary amides is 1. The molecule has 0 saturated heterocycles. The quantitative estimate of drug-likeness (QED) is 0.828. The number of nitrogens with one attached hydrogen (secondary N) is 1. The number of amides is 1. The third kappa shape index (κ3) is 2.85. The number of nitrogens with two attached hydrogens (primary N) is 1. The van der Waals surface area contributed by atoms with Crippen LogP contribution in [0.4, 0.5) is 19.0 Å². The zero-order valence-electron chi connectivity index (χ0n) is 8.38. The SMILES string of the molecule is CC(Nc1ncccc1C(F)(F)F)C(N)=O. The van der Waals surface area contributed by atoms with E-state index in [2.05, 4.69) is 10.3 Å². The number of carbonyl (C=O) groups excluding carboxylic acids is 1.